The molecule has 27 heavy (non-hydrogen) atoms. The van der Waals surface area contributed by atoms with Crippen LogP contribution in [0.25, 0.3) is 11.0 Å². The standard InChI is InChI=1S/C20H19BrN2O4/c1-11-6-12(2)8-15(7-11)26-10-18(24)22-23-20(25)19-13(3)16-9-14(21)4-5-17(16)27-19/h4-9H,10H2,1-3H3,(H,22,24)(H,23,25). The summed E-state index contributed by atoms with van der Waals surface area (Å²) in [5, 5.41) is 0.832. The number of hydrogen-bond acceptors (Lipinski definition) is 4. The number of halogens is 1. The lowest BCUT2D eigenvalue weighted by molar-refractivity contribution is -0.123. The van der Waals surface area contributed by atoms with Crippen molar-refractivity contribution in [3.8, 4) is 5.75 Å². The number of nitrogens with one attached hydrogen (secondary N) is 2. The van der Waals surface area contributed by atoms with Crippen molar-refractivity contribution in [3.05, 3.63) is 63.3 Å². The molecule has 1 aromatic heterocycles. The first-order valence-electron chi connectivity index (χ1n) is 8.32. The van der Waals surface area contributed by atoms with Gasteiger partial charge < -0.3 is 9.15 Å². The molecule has 0 aliphatic rings. The van der Waals surface area contributed by atoms with E-state index < -0.39 is 11.8 Å². The maximum absolute atomic E-state index is 12.3. The third kappa shape index (κ3) is 4.49. The molecule has 2 aromatic carbocycles. The summed E-state index contributed by atoms with van der Waals surface area (Å²) in [6, 6.07) is 11.2. The quantitative estimate of drug-likeness (QED) is 0.613. The van der Waals surface area contributed by atoms with Crippen molar-refractivity contribution < 1.29 is 18.7 Å². The molecule has 2 N–H and O–H groups in total. The van der Waals surface area contributed by atoms with E-state index in [0.29, 0.717) is 16.9 Å². The second kappa shape index (κ2) is 7.84. The number of hydrazine groups is 1. The highest BCUT2D eigenvalue weighted by atomic mass is 79.9. The molecule has 7 heteroatoms. The van der Waals surface area contributed by atoms with Crippen LogP contribution in [-0.2, 0) is 4.79 Å². The lowest BCUT2D eigenvalue weighted by Crippen LogP contribution is -2.43. The van der Waals surface area contributed by atoms with Gasteiger partial charge in [-0.25, -0.2) is 0 Å². The molecule has 0 aliphatic heterocycles. The highest BCUT2D eigenvalue weighted by Gasteiger charge is 2.18. The van der Waals surface area contributed by atoms with E-state index in [1.54, 1.807) is 13.0 Å². The lowest BCUT2D eigenvalue weighted by atomic mass is 10.1. The van der Waals surface area contributed by atoms with Crippen LogP contribution in [0.15, 0.2) is 45.3 Å². The summed E-state index contributed by atoms with van der Waals surface area (Å²) < 4.78 is 11.9. The smallest absolute Gasteiger partial charge is 0.305 e. The van der Waals surface area contributed by atoms with Gasteiger partial charge in [-0.15, -0.1) is 0 Å². The maximum atomic E-state index is 12.3. The molecule has 0 fully saturated rings. The van der Waals surface area contributed by atoms with Crippen LogP contribution < -0.4 is 15.6 Å². The Bertz CT molecular complexity index is 1010. The van der Waals surface area contributed by atoms with Gasteiger partial charge in [-0.2, -0.15) is 0 Å². The fourth-order valence-corrected chi connectivity index (χ4v) is 3.16. The van der Waals surface area contributed by atoms with Gasteiger partial charge in [0, 0.05) is 15.4 Å². The number of furan rings is 1. The van der Waals surface area contributed by atoms with E-state index in [0.717, 1.165) is 21.0 Å². The van der Waals surface area contributed by atoms with Gasteiger partial charge in [-0.3, -0.25) is 20.4 Å². The van der Waals surface area contributed by atoms with Gasteiger partial charge in [0.1, 0.15) is 11.3 Å². The van der Waals surface area contributed by atoms with Gasteiger partial charge >= 0.3 is 5.91 Å². The monoisotopic (exact) mass is 430 g/mol. The maximum Gasteiger partial charge on any atom is 0.305 e. The second-order valence-corrected chi connectivity index (χ2v) is 7.23. The molecule has 0 unspecified atom stereocenters. The Morgan fingerprint density at radius 1 is 1.04 bits per heavy atom. The predicted octanol–water partition coefficient (Wildman–Crippen LogP) is 3.96. The van der Waals surface area contributed by atoms with E-state index in [-0.39, 0.29) is 12.4 Å². The first-order valence-corrected chi connectivity index (χ1v) is 9.11. The van der Waals surface area contributed by atoms with Crippen LogP contribution in [0.3, 0.4) is 0 Å². The van der Waals surface area contributed by atoms with Crippen molar-refractivity contribution in [2.75, 3.05) is 6.61 Å². The van der Waals surface area contributed by atoms with Gasteiger partial charge in [0.05, 0.1) is 0 Å². The second-order valence-electron chi connectivity index (χ2n) is 6.31. The van der Waals surface area contributed by atoms with E-state index in [1.807, 2.05) is 44.2 Å². The van der Waals surface area contributed by atoms with Crippen molar-refractivity contribution in [1.82, 2.24) is 10.9 Å². The Kier molecular flexibility index (Phi) is 5.51. The minimum Gasteiger partial charge on any atom is -0.484 e. The first kappa shape index (κ1) is 19.0. The van der Waals surface area contributed by atoms with Crippen LogP contribution in [-0.4, -0.2) is 18.4 Å². The lowest BCUT2D eigenvalue weighted by Gasteiger charge is -2.09. The number of hydrogen-bond donors (Lipinski definition) is 2. The summed E-state index contributed by atoms with van der Waals surface area (Å²) in [6.45, 7) is 5.48. The van der Waals surface area contributed by atoms with Crippen molar-refractivity contribution in [2.45, 2.75) is 20.8 Å². The molecule has 0 saturated carbocycles. The van der Waals surface area contributed by atoms with Crippen LogP contribution in [0.5, 0.6) is 5.75 Å². The number of benzene rings is 2. The highest BCUT2D eigenvalue weighted by Crippen LogP contribution is 2.27. The minimum absolute atomic E-state index is 0.152. The average molecular weight is 431 g/mol. The predicted molar refractivity (Wildman–Crippen MR) is 106 cm³/mol. The van der Waals surface area contributed by atoms with Crippen LogP contribution in [0.4, 0.5) is 0 Å². The number of aryl methyl sites for hydroxylation is 3. The van der Waals surface area contributed by atoms with E-state index >= 15 is 0 Å². The number of carbonyl (C=O) groups is 2. The van der Waals surface area contributed by atoms with Crippen molar-refractivity contribution >= 4 is 38.7 Å². The van der Waals surface area contributed by atoms with Crippen LogP contribution in [0.1, 0.15) is 27.2 Å². The van der Waals surface area contributed by atoms with E-state index in [9.17, 15) is 9.59 Å². The average Bonchev–Trinajstić information content (AvgIpc) is 2.93. The third-order valence-electron chi connectivity index (χ3n) is 3.99. The van der Waals surface area contributed by atoms with Crippen molar-refractivity contribution in [1.29, 1.82) is 0 Å². The normalized spacial score (nSPS) is 10.7. The molecule has 0 atom stereocenters. The molecule has 0 radical (unpaired) electrons. The summed E-state index contributed by atoms with van der Waals surface area (Å²) >= 11 is 3.39. The zero-order valence-corrected chi connectivity index (χ0v) is 16.8. The van der Waals surface area contributed by atoms with E-state index in [4.69, 9.17) is 9.15 Å². The zero-order chi connectivity index (χ0) is 19.6. The first-order chi connectivity index (χ1) is 12.8. The van der Waals surface area contributed by atoms with Gasteiger partial charge in [0.2, 0.25) is 0 Å². The van der Waals surface area contributed by atoms with Gasteiger partial charge in [-0.1, -0.05) is 22.0 Å². The molecule has 140 valence electrons. The summed E-state index contributed by atoms with van der Waals surface area (Å²) in [7, 11) is 0. The molecule has 6 nitrogen and oxygen atoms in total. The van der Waals surface area contributed by atoms with E-state index in [2.05, 4.69) is 26.8 Å². The Morgan fingerprint density at radius 2 is 1.74 bits per heavy atom. The number of ether oxygens (including phenoxy) is 1. The Balaban J connectivity index is 1.58. The molecular weight excluding hydrogens is 412 g/mol. The van der Waals surface area contributed by atoms with Gasteiger partial charge in [0.15, 0.2) is 12.4 Å². The summed E-state index contributed by atoms with van der Waals surface area (Å²) in [4.78, 5) is 24.3. The topological polar surface area (TPSA) is 80.6 Å². The van der Waals surface area contributed by atoms with Crippen molar-refractivity contribution in [3.63, 3.8) is 0 Å². The Hall–Kier alpha value is -2.80. The summed E-state index contributed by atoms with van der Waals surface area (Å²) in [5.41, 5.74) is 8.08. The highest BCUT2D eigenvalue weighted by molar-refractivity contribution is 9.10. The van der Waals surface area contributed by atoms with Crippen LogP contribution in [0.2, 0.25) is 0 Å². The SMILES string of the molecule is Cc1cc(C)cc(OCC(=O)NNC(=O)c2oc3ccc(Br)cc3c2C)c1. The number of fused-ring (bicyclic) bond motifs is 1. The fourth-order valence-electron chi connectivity index (χ4n) is 2.79. The molecule has 2 amide bonds. The van der Waals surface area contributed by atoms with Crippen LogP contribution >= 0.6 is 15.9 Å². The van der Waals surface area contributed by atoms with Gasteiger partial charge in [0.25, 0.3) is 5.91 Å². The summed E-state index contributed by atoms with van der Waals surface area (Å²) in [5.74, 6) is -0.245. The number of carbonyl (C=O) groups excluding carboxylic acids is 2. The Morgan fingerprint density at radius 3 is 2.44 bits per heavy atom. The molecule has 0 aliphatic carbocycles. The number of rotatable bonds is 4. The Labute approximate surface area is 165 Å². The molecule has 1 heterocycles. The molecule has 3 aromatic rings. The van der Waals surface area contributed by atoms with E-state index in [1.165, 1.54) is 0 Å². The minimum atomic E-state index is -0.528. The zero-order valence-electron chi connectivity index (χ0n) is 15.2. The van der Waals surface area contributed by atoms with Gasteiger partial charge in [-0.05, 0) is 62.2 Å². The molecule has 0 bridgehead atoms. The summed E-state index contributed by atoms with van der Waals surface area (Å²) in [6.07, 6.45) is 0. The van der Waals surface area contributed by atoms with Crippen LogP contribution in [0, 0.1) is 20.8 Å². The molecule has 0 saturated heterocycles. The largest absolute Gasteiger partial charge is 0.484 e. The fraction of sp³-hybridized carbons (Fsp3) is 0.200. The van der Waals surface area contributed by atoms with Crippen molar-refractivity contribution in [2.24, 2.45) is 0 Å². The molecule has 0 spiro atoms. The number of amides is 2. The molecule has 3 rings (SSSR count). The molecular formula is C20H19BrN2O4. The third-order valence-corrected chi connectivity index (χ3v) is 4.48.